The summed E-state index contributed by atoms with van der Waals surface area (Å²) in [7, 11) is 0. The van der Waals surface area contributed by atoms with Gasteiger partial charge >= 0.3 is 0 Å². The average Bonchev–Trinajstić information content (AvgIpc) is 2.87. The van der Waals surface area contributed by atoms with Crippen molar-refractivity contribution < 1.29 is 4.79 Å². The molecule has 0 atom stereocenters. The largest absolute Gasteiger partial charge is 0.296 e. The summed E-state index contributed by atoms with van der Waals surface area (Å²) in [5.41, 5.74) is 1.15. The molecule has 0 aliphatic heterocycles. The fourth-order valence-electron chi connectivity index (χ4n) is 1.29. The lowest BCUT2D eigenvalue weighted by atomic mass is 10.3. The van der Waals surface area contributed by atoms with Crippen molar-refractivity contribution in [2.45, 2.75) is 27.2 Å². The normalized spacial score (nSPS) is 10.5. The number of nitrogens with one attached hydrogen (secondary N) is 1. The van der Waals surface area contributed by atoms with E-state index >= 15 is 0 Å². The van der Waals surface area contributed by atoms with Crippen LogP contribution in [0.4, 0.5) is 5.13 Å². The lowest BCUT2D eigenvalue weighted by Crippen LogP contribution is -2.09. The summed E-state index contributed by atoms with van der Waals surface area (Å²) < 4.78 is 0. The van der Waals surface area contributed by atoms with Crippen LogP contribution >= 0.6 is 22.7 Å². The molecular weight excluding hydrogens is 254 g/mol. The third kappa shape index (κ3) is 2.70. The zero-order valence-electron chi connectivity index (χ0n) is 9.90. The van der Waals surface area contributed by atoms with Crippen LogP contribution in [0.5, 0.6) is 0 Å². The Bertz CT molecular complexity index is 525. The maximum absolute atomic E-state index is 11.9. The van der Waals surface area contributed by atoms with Gasteiger partial charge in [-0.15, -0.1) is 21.5 Å². The molecule has 4 nitrogen and oxygen atoms in total. The predicted octanol–water partition coefficient (Wildman–Crippen LogP) is 3.03. The number of thiophene rings is 1. The molecule has 0 aromatic carbocycles. The molecule has 17 heavy (non-hydrogen) atoms. The highest BCUT2D eigenvalue weighted by molar-refractivity contribution is 7.16. The van der Waals surface area contributed by atoms with Crippen molar-refractivity contribution in [2.75, 3.05) is 5.32 Å². The first-order valence-corrected chi connectivity index (χ1v) is 6.94. The van der Waals surface area contributed by atoms with Crippen LogP contribution in [-0.4, -0.2) is 16.1 Å². The minimum Gasteiger partial charge on any atom is -0.296 e. The van der Waals surface area contributed by atoms with Gasteiger partial charge in [-0.3, -0.25) is 10.1 Å². The lowest BCUT2D eigenvalue weighted by molar-refractivity contribution is 0.103. The van der Waals surface area contributed by atoms with Gasteiger partial charge in [-0.25, -0.2) is 0 Å². The number of hydrogen-bond acceptors (Lipinski definition) is 5. The molecule has 90 valence electrons. The van der Waals surface area contributed by atoms with Crippen LogP contribution in [0.15, 0.2) is 6.07 Å². The van der Waals surface area contributed by atoms with E-state index in [1.807, 2.05) is 26.8 Å². The molecule has 2 heterocycles. The fraction of sp³-hybridized carbons (Fsp3) is 0.364. The fourth-order valence-corrected chi connectivity index (χ4v) is 2.89. The summed E-state index contributed by atoms with van der Waals surface area (Å²) >= 11 is 2.92. The lowest BCUT2D eigenvalue weighted by Gasteiger charge is -1.96. The van der Waals surface area contributed by atoms with Gasteiger partial charge in [0.15, 0.2) is 0 Å². The molecule has 0 radical (unpaired) electrons. The van der Waals surface area contributed by atoms with E-state index in [-0.39, 0.29) is 5.91 Å². The van der Waals surface area contributed by atoms with Gasteiger partial charge in [0.1, 0.15) is 5.01 Å². The van der Waals surface area contributed by atoms with Gasteiger partial charge in [-0.1, -0.05) is 18.3 Å². The third-order valence-corrected chi connectivity index (χ3v) is 4.51. The Balaban J connectivity index is 2.11. The van der Waals surface area contributed by atoms with Crippen LogP contribution in [0.3, 0.4) is 0 Å². The van der Waals surface area contributed by atoms with E-state index in [4.69, 9.17) is 0 Å². The molecule has 0 aliphatic carbocycles. The minimum atomic E-state index is -0.106. The highest BCUT2D eigenvalue weighted by atomic mass is 32.1. The van der Waals surface area contributed by atoms with E-state index in [9.17, 15) is 4.79 Å². The van der Waals surface area contributed by atoms with Crippen LogP contribution in [0.2, 0.25) is 0 Å². The maximum atomic E-state index is 11.9. The Morgan fingerprint density at radius 2 is 2.12 bits per heavy atom. The van der Waals surface area contributed by atoms with Gasteiger partial charge < -0.3 is 0 Å². The second-order valence-electron chi connectivity index (χ2n) is 3.66. The standard InChI is InChI=1S/C11H13N3OS2/c1-4-9-13-14-11(17-9)12-10(15)8-5-6(2)7(3)16-8/h5H,4H2,1-3H3,(H,12,14,15). The minimum absolute atomic E-state index is 0.106. The van der Waals surface area contributed by atoms with E-state index < -0.39 is 0 Å². The molecule has 0 spiro atoms. The maximum Gasteiger partial charge on any atom is 0.267 e. The highest BCUT2D eigenvalue weighted by Crippen LogP contribution is 2.22. The van der Waals surface area contributed by atoms with Crippen molar-refractivity contribution in [3.05, 3.63) is 26.4 Å². The van der Waals surface area contributed by atoms with Gasteiger partial charge in [0.25, 0.3) is 5.91 Å². The number of rotatable bonds is 3. The first-order chi connectivity index (χ1) is 8.10. The number of aryl methyl sites for hydroxylation is 3. The predicted molar refractivity (Wildman–Crippen MR) is 71.0 cm³/mol. The zero-order chi connectivity index (χ0) is 12.4. The molecule has 0 saturated heterocycles. The molecule has 1 N–H and O–H groups in total. The smallest absolute Gasteiger partial charge is 0.267 e. The topological polar surface area (TPSA) is 54.9 Å². The third-order valence-electron chi connectivity index (χ3n) is 2.38. The molecule has 1 amide bonds. The first-order valence-electron chi connectivity index (χ1n) is 5.31. The van der Waals surface area contributed by atoms with Gasteiger partial charge in [-0.2, -0.15) is 0 Å². The average molecular weight is 267 g/mol. The molecule has 6 heteroatoms. The second kappa shape index (κ2) is 4.93. The number of amides is 1. The van der Waals surface area contributed by atoms with E-state index in [0.29, 0.717) is 10.0 Å². The summed E-state index contributed by atoms with van der Waals surface area (Å²) in [6.45, 7) is 6.03. The van der Waals surface area contributed by atoms with E-state index in [1.165, 1.54) is 27.6 Å². The number of carbonyl (C=O) groups excluding carboxylic acids is 1. The Morgan fingerprint density at radius 1 is 1.35 bits per heavy atom. The summed E-state index contributed by atoms with van der Waals surface area (Å²) in [4.78, 5) is 13.8. The summed E-state index contributed by atoms with van der Waals surface area (Å²) in [6, 6.07) is 1.90. The van der Waals surface area contributed by atoms with Crippen molar-refractivity contribution in [1.29, 1.82) is 0 Å². The van der Waals surface area contributed by atoms with E-state index in [0.717, 1.165) is 17.0 Å². The molecule has 0 aliphatic rings. The Hall–Kier alpha value is -1.27. The van der Waals surface area contributed by atoms with Crippen molar-refractivity contribution >= 4 is 33.7 Å². The summed E-state index contributed by atoms with van der Waals surface area (Å²) in [5.74, 6) is -0.106. The van der Waals surface area contributed by atoms with Crippen LogP contribution < -0.4 is 5.32 Å². The van der Waals surface area contributed by atoms with Crippen molar-refractivity contribution in [3.8, 4) is 0 Å². The van der Waals surface area contributed by atoms with Gasteiger partial charge in [0.05, 0.1) is 4.88 Å². The first kappa shape index (κ1) is 12.2. The Kier molecular flexibility index (Phi) is 3.54. The SMILES string of the molecule is CCc1nnc(NC(=O)c2cc(C)c(C)s2)s1. The molecule has 2 aromatic heterocycles. The zero-order valence-corrected chi connectivity index (χ0v) is 11.5. The van der Waals surface area contributed by atoms with E-state index in [2.05, 4.69) is 15.5 Å². The molecule has 0 saturated carbocycles. The van der Waals surface area contributed by atoms with Crippen LogP contribution in [0.25, 0.3) is 0 Å². The van der Waals surface area contributed by atoms with Crippen LogP contribution in [0, 0.1) is 13.8 Å². The molecule has 2 aromatic rings. The number of nitrogens with zero attached hydrogens (tertiary/aromatic N) is 2. The van der Waals surface area contributed by atoms with Crippen LogP contribution in [0.1, 0.15) is 32.0 Å². The van der Waals surface area contributed by atoms with Crippen molar-refractivity contribution in [1.82, 2.24) is 10.2 Å². The van der Waals surface area contributed by atoms with Crippen LogP contribution in [-0.2, 0) is 6.42 Å². The van der Waals surface area contributed by atoms with E-state index in [1.54, 1.807) is 0 Å². The highest BCUT2D eigenvalue weighted by Gasteiger charge is 2.12. The summed E-state index contributed by atoms with van der Waals surface area (Å²) in [6.07, 6.45) is 0.838. The van der Waals surface area contributed by atoms with Gasteiger partial charge in [0, 0.05) is 4.88 Å². The Labute approximate surface area is 108 Å². The monoisotopic (exact) mass is 267 g/mol. The molecule has 0 fully saturated rings. The summed E-state index contributed by atoms with van der Waals surface area (Å²) in [5, 5.41) is 12.1. The quantitative estimate of drug-likeness (QED) is 0.930. The number of hydrogen-bond donors (Lipinski definition) is 1. The van der Waals surface area contributed by atoms with Crippen molar-refractivity contribution in [3.63, 3.8) is 0 Å². The Morgan fingerprint density at radius 3 is 2.65 bits per heavy atom. The molecular formula is C11H13N3OS2. The van der Waals surface area contributed by atoms with Gasteiger partial charge in [-0.05, 0) is 31.9 Å². The molecule has 2 rings (SSSR count). The van der Waals surface area contributed by atoms with Crippen molar-refractivity contribution in [2.24, 2.45) is 0 Å². The van der Waals surface area contributed by atoms with Gasteiger partial charge in [0.2, 0.25) is 5.13 Å². The molecule has 0 unspecified atom stereocenters. The number of anilines is 1. The number of carbonyl (C=O) groups is 1. The number of aromatic nitrogens is 2. The molecule has 0 bridgehead atoms. The second-order valence-corrected chi connectivity index (χ2v) is 5.98.